The van der Waals surface area contributed by atoms with Crippen molar-refractivity contribution in [3.63, 3.8) is 0 Å². The number of fused-ring (bicyclic) bond motifs is 1. The number of hydrogen-bond donors (Lipinski definition) is 1. The average molecular weight is 350 g/mol. The second-order valence-corrected chi connectivity index (χ2v) is 6.65. The summed E-state index contributed by atoms with van der Waals surface area (Å²) in [5.74, 6) is 0.660. The van der Waals surface area contributed by atoms with Gasteiger partial charge in [-0.1, -0.05) is 36.4 Å². The van der Waals surface area contributed by atoms with E-state index >= 15 is 0 Å². The summed E-state index contributed by atoms with van der Waals surface area (Å²) >= 11 is 0. The first-order valence-electron chi connectivity index (χ1n) is 8.93. The van der Waals surface area contributed by atoms with Gasteiger partial charge in [-0.05, 0) is 29.0 Å². The van der Waals surface area contributed by atoms with Crippen molar-refractivity contribution >= 4 is 16.7 Å². The summed E-state index contributed by atoms with van der Waals surface area (Å²) in [4.78, 5) is 17.0. The maximum Gasteiger partial charge on any atom is 0.254 e. The van der Waals surface area contributed by atoms with Crippen molar-refractivity contribution in [1.82, 2.24) is 9.80 Å². The molecule has 0 bridgehead atoms. The van der Waals surface area contributed by atoms with Crippen molar-refractivity contribution in [3.8, 4) is 0 Å². The quantitative estimate of drug-likeness (QED) is 0.786. The molecular weight excluding hydrogens is 328 g/mol. The highest BCUT2D eigenvalue weighted by Gasteiger charge is 2.25. The summed E-state index contributed by atoms with van der Waals surface area (Å²) in [5, 5.41) is 12.3. The number of β-amino-alcohol motifs (C(OH)–C–C–N with tert-alkyl or cyclic N) is 1. The molecule has 2 heterocycles. The second kappa shape index (κ2) is 7.32. The van der Waals surface area contributed by atoms with E-state index in [4.69, 9.17) is 4.42 Å². The fourth-order valence-corrected chi connectivity index (χ4v) is 3.53. The zero-order valence-electron chi connectivity index (χ0n) is 14.5. The second-order valence-electron chi connectivity index (χ2n) is 6.65. The fraction of sp³-hybridized carbons (Fsp3) is 0.286. The Morgan fingerprint density at radius 1 is 1.00 bits per heavy atom. The zero-order chi connectivity index (χ0) is 17.9. The van der Waals surface area contributed by atoms with Crippen LogP contribution in [0.3, 0.4) is 0 Å². The minimum atomic E-state index is -0.634. The van der Waals surface area contributed by atoms with Gasteiger partial charge in [-0.3, -0.25) is 9.69 Å². The van der Waals surface area contributed by atoms with Gasteiger partial charge in [0.05, 0.1) is 6.26 Å². The largest absolute Gasteiger partial charge is 0.467 e. The van der Waals surface area contributed by atoms with Crippen LogP contribution in [0.15, 0.2) is 65.3 Å². The van der Waals surface area contributed by atoms with Gasteiger partial charge in [0.2, 0.25) is 0 Å². The number of hydrogen-bond acceptors (Lipinski definition) is 4. The molecule has 1 unspecified atom stereocenters. The highest BCUT2D eigenvalue weighted by Crippen LogP contribution is 2.21. The third-order valence-electron chi connectivity index (χ3n) is 4.98. The molecule has 1 amide bonds. The maximum atomic E-state index is 13.0. The Bertz CT molecular complexity index is 878. The Kier molecular flexibility index (Phi) is 4.73. The van der Waals surface area contributed by atoms with Gasteiger partial charge < -0.3 is 14.4 Å². The summed E-state index contributed by atoms with van der Waals surface area (Å²) in [7, 11) is 0. The van der Waals surface area contributed by atoms with Gasteiger partial charge in [0.15, 0.2) is 0 Å². The number of aliphatic hydroxyl groups excluding tert-OH is 1. The monoisotopic (exact) mass is 350 g/mol. The van der Waals surface area contributed by atoms with Gasteiger partial charge in [0.1, 0.15) is 11.9 Å². The molecule has 3 aromatic rings. The van der Waals surface area contributed by atoms with E-state index in [2.05, 4.69) is 4.90 Å². The van der Waals surface area contributed by atoms with Crippen molar-refractivity contribution in [3.05, 3.63) is 72.2 Å². The van der Waals surface area contributed by atoms with E-state index in [1.807, 2.05) is 47.4 Å². The lowest BCUT2D eigenvalue weighted by molar-refractivity contribution is 0.0487. The smallest absolute Gasteiger partial charge is 0.254 e. The number of carbonyl (C=O) groups is 1. The van der Waals surface area contributed by atoms with E-state index in [0.29, 0.717) is 25.4 Å². The molecule has 1 aromatic heterocycles. The molecule has 26 heavy (non-hydrogen) atoms. The van der Waals surface area contributed by atoms with Gasteiger partial charge in [-0.15, -0.1) is 0 Å². The Morgan fingerprint density at radius 2 is 1.77 bits per heavy atom. The molecule has 1 atom stereocenters. The number of piperazine rings is 1. The molecule has 5 nitrogen and oxygen atoms in total. The highest BCUT2D eigenvalue weighted by molar-refractivity contribution is 6.07. The third-order valence-corrected chi connectivity index (χ3v) is 4.98. The summed E-state index contributed by atoms with van der Waals surface area (Å²) in [5.41, 5.74) is 0.757. The zero-order valence-corrected chi connectivity index (χ0v) is 14.5. The standard InChI is InChI=1S/C21H22N2O3/c24-19(20-9-4-14-26-20)15-22-10-12-23(13-11-22)21(25)18-8-3-6-16-5-1-2-7-17(16)18/h1-9,14,19,24H,10-13,15H2. The molecule has 134 valence electrons. The molecule has 1 saturated heterocycles. The maximum absolute atomic E-state index is 13.0. The number of rotatable bonds is 4. The SMILES string of the molecule is O=C(c1cccc2ccccc12)N1CCN(CC(O)c2ccco2)CC1. The van der Waals surface area contributed by atoms with Crippen LogP contribution in [-0.2, 0) is 0 Å². The predicted molar refractivity (Wildman–Crippen MR) is 100.0 cm³/mol. The van der Waals surface area contributed by atoms with E-state index in [-0.39, 0.29) is 5.91 Å². The van der Waals surface area contributed by atoms with Crippen LogP contribution in [0.1, 0.15) is 22.2 Å². The molecule has 4 rings (SSSR count). The highest BCUT2D eigenvalue weighted by atomic mass is 16.4. The van der Waals surface area contributed by atoms with E-state index in [9.17, 15) is 9.90 Å². The molecule has 1 aliphatic heterocycles. The van der Waals surface area contributed by atoms with E-state index in [0.717, 1.165) is 29.4 Å². The van der Waals surface area contributed by atoms with Crippen LogP contribution < -0.4 is 0 Å². The number of furan rings is 1. The average Bonchev–Trinajstić information content (AvgIpc) is 3.23. The molecule has 0 aliphatic carbocycles. The van der Waals surface area contributed by atoms with Gasteiger partial charge >= 0.3 is 0 Å². The van der Waals surface area contributed by atoms with Crippen molar-refractivity contribution < 1.29 is 14.3 Å². The van der Waals surface area contributed by atoms with Crippen LogP contribution in [0.2, 0.25) is 0 Å². The molecule has 0 saturated carbocycles. The predicted octanol–water partition coefficient (Wildman–Crippen LogP) is 2.92. The van der Waals surface area contributed by atoms with E-state index in [1.54, 1.807) is 18.4 Å². The van der Waals surface area contributed by atoms with Gasteiger partial charge in [-0.2, -0.15) is 0 Å². The summed E-state index contributed by atoms with van der Waals surface area (Å²) in [6.45, 7) is 3.33. The van der Waals surface area contributed by atoms with Crippen LogP contribution in [0.5, 0.6) is 0 Å². The Labute approximate surface area is 152 Å². The van der Waals surface area contributed by atoms with Crippen LogP contribution in [-0.4, -0.2) is 53.5 Å². The number of amides is 1. The molecular formula is C21H22N2O3. The van der Waals surface area contributed by atoms with Gasteiger partial charge in [0, 0.05) is 38.3 Å². The topological polar surface area (TPSA) is 56.9 Å². The molecule has 2 aromatic carbocycles. The van der Waals surface area contributed by atoms with Crippen LogP contribution in [0.4, 0.5) is 0 Å². The Hall–Kier alpha value is -2.63. The Morgan fingerprint density at radius 3 is 2.54 bits per heavy atom. The van der Waals surface area contributed by atoms with Crippen LogP contribution in [0.25, 0.3) is 10.8 Å². The molecule has 1 N–H and O–H groups in total. The van der Waals surface area contributed by atoms with Crippen LogP contribution in [0, 0.1) is 0 Å². The van der Waals surface area contributed by atoms with Gasteiger partial charge in [-0.25, -0.2) is 0 Å². The van der Waals surface area contributed by atoms with Crippen molar-refractivity contribution in [2.24, 2.45) is 0 Å². The summed E-state index contributed by atoms with van der Waals surface area (Å²) in [6.07, 6.45) is 0.935. The first kappa shape index (κ1) is 16.8. The molecule has 1 aliphatic rings. The number of aliphatic hydroxyl groups is 1. The first-order valence-corrected chi connectivity index (χ1v) is 8.93. The lowest BCUT2D eigenvalue weighted by Crippen LogP contribution is -2.49. The lowest BCUT2D eigenvalue weighted by Gasteiger charge is -2.35. The summed E-state index contributed by atoms with van der Waals surface area (Å²) < 4.78 is 5.25. The minimum Gasteiger partial charge on any atom is -0.467 e. The van der Waals surface area contributed by atoms with Crippen molar-refractivity contribution in [2.75, 3.05) is 32.7 Å². The van der Waals surface area contributed by atoms with Crippen molar-refractivity contribution in [1.29, 1.82) is 0 Å². The van der Waals surface area contributed by atoms with Gasteiger partial charge in [0.25, 0.3) is 5.91 Å². The number of nitrogens with zero attached hydrogens (tertiary/aromatic N) is 2. The third kappa shape index (κ3) is 3.36. The normalized spacial score (nSPS) is 16.7. The van der Waals surface area contributed by atoms with Crippen LogP contribution >= 0.6 is 0 Å². The van der Waals surface area contributed by atoms with E-state index < -0.39 is 6.10 Å². The fourth-order valence-electron chi connectivity index (χ4n) is 3.53. The molecule has 1 fully saturated rings. The minimum absolute atomic E-state index is 0.0769. The number of benzene rings is 2. The Balaban J connectivity index is 1.40. The summed E-state index contributed by atoms with van der Waals surface area (Å²) in [6, 6.07) is 17.4. The first-order chi connectivity index (χ1) is 12.7. The molecule has 0 spiro atoms. The van der Waals surface area contributed by atoms with E-state index in [1.165, 1.54) is 0 Å². The lowest BCUT2D eigenvalue weighted by atomic mass is 10.0. The molecule has 5 heteroatoms. The molecule has 0 radical (unpaired) electrons. The van der Waals surface area contributed by atoms with Crippen molar-refractivity contribution in [2.45, 2.75) is 6.10 Å². The number of carbonyl (C=O) groups excluding carboxylic acids is 1.